The number of amides is 1. The molecule has 6 heteroatoms. The number of nitrogens with zero attached hydrogens (tertiary/aromatic N) is 3. The van der Waals surface area contributed by atoms with Crippen molar-refractivity contribution in [2.24, 2.45) is 0 Å². The molecule has 0 atom stereocenters. The molecule has 0 bridgehead atoms. The maximum absolute atomic E-state index is 13.2. The average molecular weight is 374 g/mol. The van der Waals surface area contributed by atoms with Crippen molar-refractivity contribution in [1.82, 2.24) is 19.7 Å². The molecule has 1 N–H and O–H groups in total. The molecule has 0 aliphatic rings. The minimum atomic E-state index is -0.253. The Kier molecular flexibility index (Phi) is 4.93. The van der Waals surface area contributed by atoms with Crippen molar-refractivity contribution in [3.05, 3.63) is 76.7 Å². The molecule has 6 nitrogen and oxygen atoms in total. The molecule has 142 valence electrons. The van der Waals surface area contributed by atoms with Crippen molar-refractivity contribution in [1.29, 1.82) is 0 Å². The Morgan fingerprint density at radius 2 is 1.79 bits per heavy atom. The Bertz CT molecular complexity index is 1190. The molecule has 0 aliphatic heterocycles. The number of aromatic nitrogens is 3. The van der Waals surface area contributed by atoms with E-state index < -0.39 is 0 Å². The van der Waals surface area contributed by atoms with Gasteiger partial charge in [0, 0.05) is 29.4 Å². The number of benzene rings is 2. The second kappa shape index (κ2) is 7.68. The molecular weight excluding hydrogens is 352 g/mol. The summed E-state index contributed by atoms with van der Waals surface area (Å²) >= 11 is 0. The lowest BCUT2D eigenvalue weighted by molar-refractivity contribution is -0.121. The third kappa shape index (κ3) is 3.29. The van der Waals surface area contributed by atoms with Crippen LogP contribution >= 0.6 is 0 Å². The van der Waals surface area contributed by atoms with Gasteiger partial charge in [-0.25, -0.2) is 4.68 Å². The molecule has 0 radical (unpaired) electrons. The van der Waals surface area contributed by atoms with Crippen LogP contribution in [0.2, 0.25) is 0 Å². The molecule has 2 heterocycles. The zero-order valence-electron chi connectivity index (χ0n) is 15.8. The number of hydrogen-bond donors (Lipinski definition) is 1. The number of carbonyl (C=O) groups is 1. The van der Waals surface area contributed by atoms with E-state index in [9.17, 15) is 9.59 Å². The van der Waals surface area contributed by atoms with E-state index in [0.29, 0.717) is 18.6 Å². The highest BCUT2D eigenvalue weighted by Crippen LogP contribution is 2.27. The molecule has 1 amide bonds. The van der Waals surface area contributed by atoms with Crippen LogP contribution in [0.15, 0.2) is 65.6 Å². The molecule has 2 aromatic carbocycles. The van der Waals surface area contributed by atoms with Crippen molar-refractivity contribution < 1.29 is 4.79 Å². The predicted molar refractivity (Wildman–Crippen MR) is 110 cm³/mol. The van der Waals surface area contributed by atoms with Gasteiger partial charge in [0.1, 0.15) is 12.1 Å². The highest BCUT2D eigenvalue weighted by molar-refractivity contribution is 6.07. The lowest BCUT2D eigenvalue weighted by Crippen LogP contribution is -2.34. The molecule has 0 fully saturated rings. The summed E-state index contributed by atoms with van der Waals surface area (Å²) in [6.45, 7) is 3.07. The minimum absolute atomic E-state index is 0.0817. The van der Waals surface area contributed by atoms with Crippen molar-refractivity contribution in [3.63, 3.8) is 0 Å². The van der Waals surface area contributed by atoms with Gasteiger partial charge in [-0.05, 0) is 18.1 Å². The van der Waals surface area contributed by atoms with Crippen LogP contribution in [0.5, 0.6) is 0 Å². The monoisotopic (exact) mass is 374 g/mol. The summed E-state index contributed by atoms with van der Waals surface area (Å²) in [5.74, 6) is -0.207. The van der Waals surface area contributed by atoms with Crippen molar-refractivity contribution in [3.8, 4) is 0 Å². The van der Waals surface area contributed by atoms with Crippen LogP contribution in [0.25, 0.3) is 21.8 Å². The van der Waals surface area contributed by atoms with Crippen molar-refractivity contribution in [2.75, 3.05) is 6.54 Å². The highest BCUT2D eigenvalue weighted by Gasteiger charge is 2.17. The molecule has 4 aromatic rings. The number of rotatable bonds is 6. The van der Waals surface area contributed by atoms with Crippen LogP contribution in [-0.4, -0.2) is 26.8 Å². The van der Waals surface area contributed by atoms with E-state index in [1.807, 2.05) is 66.1 Å². The Balaban J connectivity index is 1.86. The molecular formula is C22H22N4O2. The minimum Gasteiger partial charge on any atom is -0.355 e. The molecule has 0 unspecified atom stereocenters. The Morgan fingerprint density at radius 1 is 1.04 bits per heavy atom. The summed E-state index contributed by atoms with van der Waals surface area (Å²) in [6, 6.07) is 18.0. The first-order chi connectivity index (χ1) is 13.7. The quantitative estimate of drug-likeness (QED) is 0.564. The van der Waals surface area contributed by atoms with Gasteiger partial charge in [0.2, 0.25) is 5.91 Å². The van der Waals surface area contributed by atoms with Crippen LogP contribution in [-0.2, 0) is 17.9 Å². The molecule has 4 rings (SSSR count). The van der Waals surface area contributed by atoms with Gasteiger partial charge >= 0.3 is 0 Å². The topological polar surface area (TPSA) is 68.9 Å². The van der Waals surface area contributed by atoms with Gasteiger partial charge in [-0.15, -0.1) is 0 Å². The van der Waals surface area contributed by atoms with Crippen LogP contribution in [0.4, 0.5) is 0 Å². The Labute approximate surface area is 162 Å². The normalized spacial score (nSPS) is 11.2. The largest absolute Gasteiger partial charge is 0.355 e. The number of nitrogens with one attached hydrogen (secondary N) is 1. The summed E-state index contributed by atoms with van der Waals surface area (Å²) in [7, 11) is 0. The number of fused-ring (bicyclic) bond motifs is 3. The summed E-state index contributed by atoms with van der Waals surface area (Å²) in [5, 5.41) is 8.84. The number of para-hydroxylation sites is 1. The van der Waals surface area contributed by atoms with E-state index in [1.165, 1.54) is 4.68 Å². The first-order valence-electron chi connectivity index (χ1n) is 9.46. The standard InChI is InChI=1S/C22H22N4O2/c1-2-12-23-20(27)15-26-22(28)21-18(13-24-26)17-10-6-7-11-19(17)25(21)14-16-8-4-3-5-9-16/h3-11,13H,2,12,14-15H2,1H3,(H,23,27). The second-order valence-electron chi connectivity index (χ2n) is 6.81. The average Bonchev–Trinajstić information content (AvgIpc) is 3.04. The Morgan fingerprint density at radius 3 is 2.57 bits per heavy atom. The number of hydrogen-bond acceptors (Lipinski definition) is 3. The van der Waals surface area contributed by atoms with Gasteiger partial charge in [-0.2, -0.15) is 5.10 Å². The maximum atomic E-state index is 13.2. The second-order valence-corrected chi connectivity index (χ2v) is 6.81. The molecule has 0 aliphatic carbocycles. The Hall–Kier alpha value is -3.41. The fourth-order valence-corrected chi connectivity index (χ4v) is 3.49. The van der Waals surface area contributed by atoms with Gasteiger partial charge in [-0.1, -0.05) is 55.5 Å². The summed E-state index contributed by atoms with van der Waals surface area (Å²) < 4.78 is 3.26. The van der Waals surface area contributed by atoms with Crippen molar-refractivity contribution in [2.45, 2.75) is 26.4 Å². The van der Waals surface area contributed by atoms with Gasteiger partial charge in [0.25, 0.3) is 5.56 Å². The van der Waals surface area contributed by atoms with E-state index >= 15 is 0 Å². The van der Waals surface area contributed by atoms with Gasteiger partial charge in [0.15, 0.2) is 0 Å². The predicted octanol–water partition coefficient (Wildman–Crippen LogP) is 2.93. The van der Waals surface area contributed by atoms with E-state index in [-0.39, 0.29) is 18.0 Å². The smallest absolute Gasteiger partial charge is 0.291 e. The fraction of sp³-hybridized carbons (Fsp3) is 0.227. The molecule has 0 saturated carbocycles. The van der Waals surface area contributed by atoms with Gasteiger partial charge < -0.3 is 9.88 Å². The highest BCUT2D eigenvalue weighted by atomic mass is 16.2. The molecule has 0 saturated heterocycles. The van der Waals surface area contributed by atoms with Crippen molar-refractivity contribution >= 4 is 27.7 Å². The molecule has 2 aromatic heterocycles. The summed E-state index contributed by atoms with van der Waals surface area (Å²) in [6.07, 6.45) is 2.53. The zero-order chi connectivity index (χ0) is 19.5. The van der Waals surface area contributed by atoms with E-state index in [2.05, 4.69) is 10.4 Å². The van der Waals surface area contributed by atoms with Gasteiger partial charge in [-0.3, -0.25) is 9.59 Å². The maximum Gasteiger partial charge on any atom is 0.291 e. The SMILES string of the molecule is CCCNC(=O)Cn1ncc2c3ccccc3n(Cc3ccccc3)c2c1=O. The summed E-state index contributed by atoms with van der Waals surface area (Å²) in [4.78, 5) is 25.3. The molecule has 0 spiro atoms. The van der Waals surface area contributed by atoms with E-state index in [1.54, 1.807) is 6.20 Å². The van der Waals surface area contributed by atoms with Crippen LogP contribution in [0.3, 0.4) is 0 Å². The third-order valence-electron chi connectivity index (χ3n) is 4.82. The summed E-state index contributed by atoms with van der Waals surface area (Å²) in [5.41, 5.74) is 2.40. The first-order valence-corrected chi connectivity index (χ1v) is 9.46. The molecule has 28 heavy (non-hydrogen) atoms. The lowest BCUT2D eigenvalue weighted by Gasteiger charge is -2.09. The lowest BCUT2D eigenvalue weighted by atomic mass is 10.2. The van der Waals surface area contributed by atoms with Crippen LogP contribution in [0, 0.1) is 0 Å². The van der Waals surface area contributed by atoms with E-state index in [0.717, 1.165) is 28.3 Å². The third-order valence-corrected chi connectivity index (χ3v) is 4.82. The van der Waals surface area contributed by atoms with E-state index in [4.69, 9.17) is 0 Å². The fourth-order valence-electron chi connectivity index (χ4n) is 3.49. The zero-order valence-corrected chi connectivity index (χ0v) is 15.8. The number of carbonyl (C=O) groups excluding carboxylic acids is 1. The van der Waals surface area contributed by atoms with Gasteiger partial charge in [0.05, 0.1) is 6.20 Å². The first kappa shape index (κ1) is 18.0. The van der Waals surface area contributed by atoms with Crippen LogP contribution < -0.4 is 10.9 Å². The van der Waals surface area contributed by atoms with Crippen LogP contribution in [0.1, 0.15) is 18.9 Å².